The molecule has 3 rings (SSSR count). The van der Waals surface area contributed by atoms with Crippen molar-refractivity contribution in [2.45, 2.75) is 59.2 Å². The zero-order chi connectivity index (χ0) is 14.8. The van der Waals surface area contributed by atoms with E-state index in [2.05, 4.69) is 60.3 Å². The lowest BCUT2D eigenvalue weighted by atomic mass is 9.99. The van der Waals surface area contributed by atoms with Crippen LogP contribution in [0.3, 0.4) is 0 Å². The molecule has 0 unspecified atom stereocenters. The largest absolute Gasteiger partial charge is 0.310 e. The first kappa shape index (κ1) is 14.3. The monoisotopic (exact) mass is 283 g/mol. The maximum Gasteiger partial charge on any atom is 0.0672 e. The SMILES string of the molecule is CCCn1cc(-c2ccc(CNC3CC3)cc2C)c(C)n1. The number of aryl methyl sites for hydroxylation is 3. The molecule has 0 atom stereocenters. The fourth-order valence-electron chi connectivity index (χ4n) is 2.81. The summed E-state index contributed by atoms with van der Waals surface area (Å²) in [5.41, 5.74) is 6.41. The van der Waals surface area contributed by atoms with Gasteiger partial charge < -0.3 is 5.32 Å². The van der Waals surface area contributed by atoms with Gasteiger partial charge in [0.25, 0.3) is 0 Å². The van der Waals surface area contributed by atoms with Crippen LogP contribution >= 0.6 is 0 Å². The molecule has 21 heavy (non-hydrogen) atoms. The third-order valence-corrected chi connectivity index (χ3v) is 4.15. The highest BCUT2D eigenvalue weighted by Crippen LogP contribution is 2.27. The van der Waals surface area contributed by atoms with E-state index in [4.69, 9.17) is 0 Å². The molecule has 3 heteroatoms. The first-order valence-corrected chi connectivity index (χ1v) is 8.04. The van der Waals surface area contributed by atoms with Crippen LogP contribution in [0.25, 0.3) is 11.1 Å². The van der Waals surface area contributed by atoms with Crippen LogP contribution in [-0.2, 0) is 13.1 Å². The zero-order valence-electron chi connectivity index (χ0n) is 13.3. The summed E-state index contributed by atoms with van der Waals surface area (Å²) >= 11 is 0. The lowest BCUT2D eigenvalue weighted by Gasteiger charge is -2.09. The molecule has 0 amide bonds. The first-order chi connectivity index (χ1) is 10.2. The van der Waals surface area contributed by atoms with Crippen LogP contribution in [0.5, 0.6) is 0 Å². The van der Waals surface area contributed by atoms with E-state index in [0.29, 0.717) is 0 Å². The third kappa shape index (κ3) is 3.35. The van der Waals surface area contributed by atoms with Crippen LogP contribution in [0, 0.1) is 13.8 Å². The van der Waals surface area contributed by atoms with E-state index >= 15 is 0 Å². The summed E-state index contributed by atoms with van der Waals surface area (Å²) in [5.74, 6) is 0. The van der Waals surface area contributed by atoms with Gasteiger partial charge in [-0.1, -0.05) is 25.1 Å². The predicted molar refractivity (Wildman–Crippen MR) is 87.3 cm³/mol. The Hall–Kier alpha value is -1.61. The number of hydrogen-bond donors (Lipinski definition) is 1. The summed E-state index contributed by atoms with van der Waals surface area (Å²) in [6, 6.07) is 7.56. The number of rotatable bonds is 6. The van der Waals surface area contributed by atoms with Crippen LogP contribution in [0.1, 0.15) is 43.0 Å². The maximum atomic E-state index is 4.61. The van der Waals surface area contributed by atoms with Crippen molar-refractivity contribution in [2.24, 2.45) is 0 Å². The Balaban J connectivity index is 1.80. The van der Waals surface area contributed by atoms with Crippen LogP contribution in [-0.4, -0.2) is 15.8 Å². The highest BCUT2D eigenvalue weighted by molar-refractivity contribution is 5.69. The van der Waals surface area contributed by atoms with Gasteiger partial charge in [-0.15, -0.1) is 0 Å². The second-order valence-electron chi connectivity index (χ2n) is 6.20. The van der Waals surface area contributed by atoms with Gasteiger partial charge in [0.05, 0.1) is 5.69 Å². The minimum Gasteiger partial charge on any atom is -0.310 e. The van der Waals surface area contributed by atoms with E-state index in [1.807, 2.05) is 0 Å². The Bertz CT molecular complexity index is 623. The van der Waals surface area contributed by atoms with Crippen molar-refractivity contribution in [3.63, 3.8) is 0 Å². The molecule has 1 aromatic heterocycles. The molecular weight excluding hydrogens is 258 g/mol. The lowest BCUT2D eigenvalue weighted by Crippen LogP contribution is -2.15. The molecule has 0 spiro atoms. The van der Waals surface area contributed by atoms with E-state index in [1.165, 1.54) is 35.1 Å². The predicted octanol–water partition coefficient (Wildman–Crippen LogP) is 3.83. The molecule has 1 saturated carbocycles. The van der Waals surface area contributed by atoms with Crippen molar-refractivity contribution >= 4 is 0 Å². The van der Waals surface area contributed by atoms with Gasteiger partial charge >= 0.3 is 0 Å². The van der Waals surface area contributed by atoms with Crippen LogP contribution in [0.15, 0.2) is 24.4 Å². The number of aromatic nitrogens is 2. The summed E-state index contributed by atoms with van der Waals surface area (Å²) in [6.45, 7) is 8.46. The topological polar surface area (TPSA) is 29.9 Å². The first-order valence-electron chi connectivity index (χ1n) is 8.04. The van der Waals surface area contributed by atoms with Crippen molar-refractivity contribution in [2.75, 3.05) is 0 Å². The van der Waals surface area contributed by atoms with Gasteiger partial charge in [0.15, 0.2) is 0 Å². The molecule has 1 aliphatic carbocycles. The molecule has 112 valence electrons. The van der Waals surface area contributed by atoms with Crippen LogP contribution in [0.2, 0.25) is 0 Å². The molecule has 0 radical (unpaired) electrons. The molecule has 1 aromatic carbocycles. The van der Waals surface area contributed by atoms with E-state index in [1.54, 1.807) is 0 Å². The summed E-state index contributed by atoms with van der Waals surface area (Å²) < 4.78 is 2.06. The standard InChI is InChI=1S/C18H25N3/c1-4-9-21-12-18(14(3)20-21)17-8-5-15(10-13(17)2)11-19-16-6-7-16/h5,8,10,12,16,19H,4,6-7,9,11H2,1-3H3. The number of nitrogens with one attached hydrogen (secondary N) is 1. The third-order valence-electron chi connectivity index (χ3n) is 4.15. The Labute approximate surface area is 127 Å². The van der Waals surface area contributed by atoms with Crippen molar-refractivity contribution < 1.29 is 0 Å². The molecule has 1 aliphatic rings. The highest BCUT2D eigenvalue weighted by Gasteiger charge is 2.20. The average molecular weight is 283 g/mol. The van der Waals surface area contributed by atoms with Crippen LogP contribution in [0.4, 0.5) is 0 Å². The quantitative estimate of drug-likeness (QED) is 0.873. The highest BCUT2D eigenvalue weighted by atomic mass is 15.3. The van der Waals surface area contributed by atoms with Gasteiger partial charge in [0.2, 0.25) is 0 Å². The molecular formula is C18H25N3. The molecule has 1 heterocycles. The van der Waals surface area contributed by atoms with Crippen molar-refractivity contribution in [3.05, 3.63) is 41.2 Å². The molecule has 0 bridgehead atoms. The number of benzene rings is 1. The normalized spacial score (nSPS) is 14.6. The molecule has 1 fully saturated rings. The van der Waals surface area contributed by atoms with Crippen LogP contribution < -0.4 is 5.32 Å². The van der Waals surface area contributed by atoms with Gasteiger partial charge in [-0.3, -0.25) is 4.68 Å². The zero-order valence-corrected chi connectivity index (χ0v) is 13.3. The second-order valence-corrected chi connectivity index (χ2v) is 6.20. The molecule has 1 N–H and O–H groups in total. The Kier molecular flexibility index (Phi) is 4.11. The van der Waals surface area contributed by atoms with Gasteiger partial charge in [-0.25, -0.2) is 0 Å². The second kappa shape index (κ2) is 6.02. The molecule has 0 aliphatic heterocycles. The fraction of sp³-hybridized carbons (Fsp3) is 0.500. The number of hydrogen-bond acceptors (Lipinski definition) is 2. The van der Waals surface area contributed by atoms with Crippen molar-refractivity contribution in [1.82, 2.24) is 15.1 Å². The molecule has 2 aromatic rings. The summed E-state index contributed by atoms with van der Waals surface area (Å²) in [6.07, 6.45) is 5.98. The van der Waals surface area contributed by atoms with Gasteiger partial charge in [0, 0.05) is 30.9 Å². The summed E-state index contributed by atoms with van der Waals surface area (Å²) in [4.78, 5) is 0. The Morgan fingerprint density at radius 1 is 1.24 bits per heavy atom. The maximum absolute atomic E-state index is 4.61. The van der Waals surface area contributed by atoms with Gasteiger partial charge in [-0.2, -0.15) is 5.10 Å². The van der Waals surface area contributed by atoms with Gasteiger partial charge in [0.1, 0.15) is 0 Å². The van der Waals surface area contributed by atoms with E-state index in [9.17, 15) is 0 Å². The Morgan fingerprint density at radius 3 is 2.71 bits per heavy atom. The van der Waals surface area contributed by atoms with Crippen molar-refractivity contribution in [3.8, 4) is 11.1 Å². The van der Waals surface area contributed by atoms with E-state index in [0.717, 1.165) is 31.2 Å². The molecule has 0 saturated heterocycles. The van der Waals surface area contributed by atoms with Gasteiger partial charge in [-0.05, 0) is 49.8 Å². The van der Waals surface area contributed by atoms with Crippen molar-refractivity contribution in [1.29, 1.82) is 0 Å². The van der Waals surface area contributed by atoms with E-state index in [-0.39, 0.29) is 0 Å². The minimum absolute atomic E-state index is 0.763. The fourth-order valence-corrected chi connectivity index (χ4v) is 2.81. The minimum atomic E-state index is 0.763. The summed E-state index contributed by atoms with van der Waals surface area (Å²) in [5, 5.41) is 8.19. The lowest BCUT2D eigenvalue weighted by molar-refractivity contribution is 0.598. The molecule has 3 nitrogen and oxygen atoms in total. The number of nitrogens with zero attached hydrogens (tertiary/aromatic N) is 2. The van der Waals surface area contributed by atoms with E-state index < -0.39 is 0 Å². The Morgan fingerprint density at radius 2 is 2.05 bits per heavy atom. The smallest absolute Gasteiger partial charge is 0.0672 e. The average Bonchev–Trinajstić information content (AvgIpc) is 3.21. The summed E-state index contributed by atoms with van der Waals surface area (Å²) in [7, 11) is 0.